The molecule has 1 aliphatic rings. The van der Waals surface area contributed by atoms with Gasteiger partial charge in [-0.3, -0.25) is 4.98 Å². The lowest BCUT2D eigenvalue weighted by Crippen LogP contribution is -2.50. The number of hydrogen-bond donors (Lipinski definition) is 3. The lowest BCUT2D eigenvalue weighted by Gasteiger charge is -2.34. The average Bonchev–Trinajstić information content (AvgIpc) is 2.67. The number of nitrogens with zero attached hydrogens (tertiary/aromatic N) is 1. The average molecular weight is 377 g/mol. The summed E-state index contributed by atoms with van der Waals surface area (Å²) in [5.41, 5.74) is 1.19. The highest BCUT2D eigenvalue weighted by Crippen LogP contribution is 2.31. The van der Waals surface area contributed by atoms with E-state index in [1.807, 2.05) is 30.3 Å². The van der Waals surface area contributed by atoms with Gasteiger partial charge in [-0.05, 0) is 30.2 Å². The summed E-state index contributed by atoms with van der Waals surface area (Å²) in [5.74, 6) is 1.62. The van der Waals surface area contributed by atoms with Crippen molar-refractivity contribution in [2.24, 2.45) is 0 Å². The van der Waals surface area contributed by atoms with Crippen molar-refractivity contribution in [2.45, 2.75) is 37.1 Å². The van der Waals surface area contributed by atoms with Crippen molar-refractivity contribution in [3.8, 4) is 22.6 Å². The summed E-state index contributed by atoms with van der Waals surface area (Å²) in [6.07, 6.45) is 0.926. The minimum atomic E-state index is -1.21. The predicted octanol–water partition coefficient (Wildman–Crippen LogP) is 2.07. The Bertz CT molecular complexity index is 711. The molecule has 7 heteroatoms. The fraction of sp³-hybridized carbons (Fsp3) is 0.421. The molecule has 3 rings (SSSR count). The number of aliphatic hydroxyl groups is 3. The molecule has 140 valence electrons. The maximum absolute atomic E-state index is 10.1. The zero-order valence-corrected chi connectivity index (χ0v) is 15.3. The molecule has 3 N–H and O–H groups in total. The molecule has 0 saturated carbocycles. The summed E-state index contributed by atoms with van der Waals surface area (Å²) in [7, 11) is 0. The van der Waals surface area contributed by atoms with Crippen molar-refractivity contribution < 1.29 is 24.8 Å². The summed E-state index contributed by atoms with van der Waals surface area (Å²) in [5, 5.41) is 29.5. The van der Waals surface area contributed by atoms with Gasteiger partial charge in [0.2, 0.25) is 0 Å². The van der Waals surface area contributed by atoms with Crippen molar-refractivity contribution in [3.63, 3.8) is 0 Å². The zero-order valence-electron chi connectivity index (χ0n) is 14.5. The van der Waals surface area contributed by atoms with Crippen LogP contribution in [0.5, 0.6) is 11.5 Å². The van der Waals surface area contributed by atoms with Crippen molar-refractivity contribution in [1.29, 1.82) is 0 Å². The van der Waals surface area contributed by atoms with E-state index in [9.17, 15) is 15.3 Å². The molecule has 0 radical (unpaired) electrons. The van der Waals surface area contributed by atoms with Crippen LogP contribution in [-0.4, -0.2) is 56.4 Å². The lowest BCUT2D eigenvalue weighted by atomic mass is 10.1. The van der Waals surface area contributed by atoms with Gasteiger partial charge in [-0.25, -0.2) is 0 Å². The molecule has 0 unspecified atom stereocenters. The molecule has 0 aliphatic carbocycles. The zero-order chi connectivity index (χ0) is 18.5. The molecule has 1 aromatic heterocycles. The third-order valence-corrected chi connectivity index (χ3v) is 5.32. The molecule has 1 fully saturated rings. The molecule has 1 aliphatic heterocycles. The first-order valence-electron chi connectivity index (χ1n) is 8.59. The van der Waals surface area contributed by atoms with Gasteiger partial charge in [0, 0.05) is 17.5 Å². The number of benzene rings is 1. The molecule has 6 nitrogen and oxygen atoms in total. The summed E-state index contributed by atoms with van der Waals surface area (Å²) >= 11 is 1.26. The van der Waals surface area contributed by atoms with Crippen LogP contribution in [0.4, 0.5) is 0 Å². The second-order valence-electron chi connectivity index (χ2n) is 6.15. The van der Waals surface area contributed by atoms with Crippen LogP contribution in [0.1, 0.15) is 13.3 Å². The third-order valence-electron chi connectivity index (χ3n) is 4.08. The number of aliphatic hydroxyl groups excluding tert-OH is 3. The molecule has 1 saturated heterocycles. The minimum absolute atomic E-state index is 0.301. The van der Waals surface area contributed by atoms with Crippen LogP contribution in [0.15, 0.2) is 42.7 Å². The van der Waals surface area contributed by atoms with E-state index in [1.54, 1.807) is 12.4 Å². The van der Waals surface area contributed by atoms with E-state index in [0.29, 0.717) is 18.1 Å². The van der Waals surface area contributed by atoms with Crippen LogP contribution < -0.4 is 9.47 Å². The van der Waals surface area contributed by atoms with Gasteiger partial charge >= 0.3 is 0 Å². The maximum atomic E-state index is 10.1. The van der Waals surface area contributed by atoms with Crippen LogP contribution in [0, 0.1) is 0 Å². The number of aromatic nitrogens is 1. The van der Waals surface area contributed by atoms with E-state index in [4.69, 9.17) is 9.47 Å². The molecule has 26 heavy (non-hydrogen) atoms. The largest absolute Gasteiger partial charge is 0.494 e. The molecule has 0 spiro atoms. The van der Waals surface area contributed by atoms with Crippen LogP contribution in [0.25, 0.3) is 11.1 Å². The molecular weight excluding hydrogens is 354 g/mol. The number of ether oxygens (including phenoxy) is 2. The Hall–Kier alpha value is -1.80. The monoisotopic (exact) mass is 377 g/mol. The van der Waals surface area contributed by atoms with Gasteiger partial charge in [-0.1, -0.05) is 19.1 Å². The topological polar surface area (TPSA) is 92.0 Å². The highest BCUT2D eigenvalue weighted by molar-refractivity contribution is 7.99. The number of pyridine rings is 1. The van der Waals surface area contributed by atoms with E-state index in [2.05, 4.69) is 11.9 Å². The van der Waals surface area contributed by atoms with Gasteiger partial charge in [-0.15, -0.1) is 11.8 Å². The highest BCUT2D eigenvalue weighted by atomic mass is 32.2. The Morgan fingerprint density at radius 2 is 1.81 bits per heavy atom. The highest BCUT2D eigenvalue weighted by Gasteiger charge is 2.38. The van der Waals surface area contributed by atoms with Gasteiger partial charge in [0.1, 0.15) is 23.7 Å². The fourth-order valence-electron chi connectivity index (χ4n) is 2.62. The molecule has 0 amide bonds. The lowest BCUT2D eigenvalue weighted by molar-refractivity contribution is -0.0786. The van der Waals surface area contributed by atoms with Gasteiger partial charge in [0.15, 0.2) is 5.44 Å². The van der Waals surface area contributed by atoms with E-state index in [1.165, 1.54) is 11.8 Å². The van der Waals surface area contributed by atoms with Crippen LogP contribution in [0.3, 0.4) is 0 Å². The van der Waals surface area contributed by atoms with Gasteiger partial charge in [-0.2, -0.15) is 0 Å². The Morgan fingerprint density at radius 1 is 1.04 bits per heavy atom. The Morgan fingerprint density at radius 3 is 2.54 bits per heavy atom. The van der Waals surface area contributed by atoms with Gasteiger partial charge < -0.3 is 24.8 Å². The standard InChI is InChI=1S/C19H23NO5S/c1-2-7-24-14-5-3-12(4-6-14)13-8-15(10-20-9-13)25-19-18(23)17(22)16(21)11-26-19/h3-6,8-10,16-19,21-23H,2,7,11H2,1H3/t16-,17+,18-,19+/m1/s1. The summed E-state index contributed by atoms with van der Waals surface area (Å²) in [4.78, 5) is 4.20. The van der Waals surface area contributed by atoms with Gasteiger partial charge in [0.05, 0.1) is 18.9 Å². The third kappa shape index (κ3) is 4.48. The van der Waals surface area contributed by atoms with E-state index >= 15 is 0 Å². The quantitative estimate of drug-likeness (QED) is 0.710. The van der Waals surface area contributed by atoms with Crippen molar-refractivity contribution in [1.82, 2.24) is 4.98 Å². The Balaban J connectivity index is 1.70. The first kappa shape index (κ1) is 19.0. The van der Waals surface area contributed by atoms with E-state index in [0.717, 1.165) is 23.3 Å². The SMILES string of the molecule is CCCOc1ccc(-c2cncc(O[C@H]3SC[C@@H](O)[C@H](O)[C@H]3O)c2)cc1. The number of hydrogen-bond acceptors (Lipinski definition) is 7. The normalized spacial score (nSPS) is 25.7. The summed E-state index contributed by atoms with van der Waals surface area (Å²) < 4.78 is 11.4. The second-order valence-corrected chi connectivity index (χ2v) is 7.28. The van der Waals surface area contributed by atoms with Crippen LogP contribution in [-0.2, 0) is 0 Å². The number of thioether (sulfide) groups is 1. The van der Waals surface area contributed by atoms with Crippen LogP contribution >= 0.6 is 11.8 Å². The Labute approximate surface area is 156 Å². The first-order chi connectivity index (χ1) is 12.6. The van der Waals surface area contributed by atoms with Crippen molar-refractivity contribution in [2.75, 3.05) is 12.4 Å². The fourth-order valence-corrected chi connectivity index (χ4v) is 3.74. The molecule has 4 atom stereocenters. The van der Waals surface area contributed by atoms with Crippen molar-refractivity contribution in [3.05, 3.63) is 42.7 Å². The molecule has 2 heterocycles. The number of rotatable bonds is 6. The maximum Gasteiger partial charge on any atom is 0.173 e. The van der Waals surface area contributed by atoms with Crippen LogP contribution in [0.2, 0.25) is 0 Å². The Kier molecular flexibility index (Phi) is 6.37. The van der Waals surface area contributed by atoms with E-state index in [-0.39, 0.29) is 0 Å². The van der Waals surface area contributed by atoms with E-state index < -0.39 is 23.7 Å². The molecule has 1 aromatic carbocycles. The molecule has 2 aromatic rings. The molecule has 0 bridgehead atoms. The second kappa shape index (κ2) is 8.73. The first-order valence-corrected chi connectivity index (χ1v) is 9.64. The predicted molar refractivity (Wildman–Crippen MR) is 100 cm³/mol. The molecular formula is C19H23NO5S. The summed E-state index contributed by atoms with van der Waals surface area (Å²) in [6.45, 7) is 2.75. The van der Waals surface area contributed by atoms with Crippen molar-refractivity contribution >= 4 is 11.8 Å². The van der Waals surface area contributed by atoms with Gasteiger partial charge in [0.25, 0.3) is 0 Å². The smallest absolute Gasteiger partial charge is 0.173 e. The summed E-state index contributed by atoms with van der Waals surface area (Å²) in [6, 6.07) is 9.57. The minimum Gasteiger partial charge on any atom is -0.494 e.